The molecule has 2 aromatic rings. The summed E-state index contributed by atoms with van der Waals surface area (Å²) in [6.45, 7) is 2.28. The number of benzene rings is 2. The van der Waals surface area contributed by atoms with E-state index in [2.05, 4.69) is 5.32 Å². The van der Waals surface area contributed by atoms with Gasteiger partial charge in [-0.1, -0.05) is 36.4 Å². The fourth-order valence-electron chi connectivity index (χ4n) is 2.02. The molecule has 0 spiro atoms. The van der Waals surface area contributed by atoms with Crippen LogP contribution in [0.5, 0.6) is 5.75 Å². The molecule has 1 amide bonds. The molecule has 2 aromatic carbocycles. The Morgan fingerprint density at radius 3 is 2.57 bits per heavy atom. The Labute approximate surface area is 133 Å². The van der Waals surface area contributed by atoms with Crippen LogP contribution in [0.25, 0.3) is 10.8 Å². The van der Waals surface area contributed by atoms with Gasteiger partial charge in [0.2, 0.25) is 0 Å². The maximum atomic E-state index is 12.0. The summed E-state index contributed by atoms with van der Waals surface area (Å²) < 4.78 is 5.67. The molecule has 122 valence electrons. The molecule has 2 rings (SSSR count). The summed E-state index contributed by atoms with van der Waals surface area (Å²) in [5, 5.41) is 22.7. The molecule has 2 atom stereocenters. The van der Waals surface area contributed by atoms with Crippen LogP contribution in [0, 0.1) is 0 Å². The molecule has 0 aliphatic carbocycles. The zero-order chi connectivity index (χ0) is 17.0. The first-order valence-electron chi connectivity index (χ1n) is 7.19. The van der Waals surface area contributed by atoms with E-state index in [1.165, 1.54) is 0 Å². The summed E-state index contributed by atoms with van der Waals surface area (Å²) in [4.78, 5) is 22.8. The number of carboxylic acids is 1. The van der Waals surface area contributed by atoms with Crippen LogP contribution in [0.15, 0.2) is 42.5 Å². The maximum Gasteiger partial charge on any atom is 0.337 e. The highest BCUT2D eigenvalue weighted by atomic mass is 16.5. The summed E-state index contributed by atoms with van der Waals surface area (Å²) in [5.41, 5.74) is -2.02. The second-order valence-corrected chi connectivity index (χ2v) is 5.53. The van der Waals surface area contributed by atoms with Crippen molar-refractivity contribution in [2.24, 2.45) is 0 Å². The average Bonchev–Trinajstić information content (AvgIpc) is 2.52. The predicted molar refractivity (Wildman–Crippen MR) is 85.3 cm³/mol. The standard InChI is InChI=1S/C17H19NO5/c1-11(15(19)18-10-17(2,22)16(20)21)23-14-9-5-7-12-6-3-4-8-13(12)14/h3-9,11,22H,10H2,1-2H3,(H,18,19)(H,20,21). The van der Waals surface area contributed by atoms with Gasteiger partial charge >= 0.3 is 5.97 Å². The zero-order valence-electron chi connectivity index (χ0n) is 12.9. The molecule has 0 saturated carbocycles. The number of aliphatic carboxylic acids is 1. The summed E-state index contributed by atoms with van der Waals surface area (Å²) >= 11 is 0. The van der Waals surface area contributed by atoms with Gasteiger partial charge in [-0.2, -0.15) is 0 Å². The number of aliphatic hydroxyl groups is 1. The number of fused-ring (bicyclic) bond motifs is 1. The van der Waals surface area contributed by atoms with E-state index in [-0.39, 0.29) is 0 Å². The van der Waals surface area contributed by atoms with E-state index in [4.69, 9.17) is 9.84 Å². The topological polar surface area (TPSA) is 95.9 Å². The van der Waals surface area contributed by atoms with Crippen LogP contribution in [-0.2, 0) is 9.59 Å². The van der Waals surface area contributed by atoms with E-state index in [9.17, 15) is 14.7 Å². The first-order valence-corrected chi connectivity index (χ1v) is 7.19. The molecular formula is C17H19NO5. The normalized spacial score (nSPS) is 14.7. The Balaban J connectivity index is 2.05. The third-order valence-corrected chi connectivity index (χ3v) is 3.49. The fraction of sp³-hybridized carbons (Fsp3) is 0.294. The van der Waals surface area contributed by atoms with E-state index >= 15 is 0 Å². The van der Waals surface area contributed by atoms with E-state index in [1.54, 1.807) is 13.0 Å². The van der Waals surface area contributed by atoms with Gasteiger partial charge in [-0.25, -0.2) is 4.79 Å². The number of carboxylic acid groups (broad SMARTS) is 1. The average molecular weight is 317 g/mol. The second kappa shape index (κ2) is 6.66. The minimum atomic E-state index is -2.02. The first-order chi connectivity index (χ1) is 10.8. The molecule has 0 bridgehead atoms. The van der Waals surface area contributed by atoms with Crippen molar-refractivity contribution >= 4 is 22.6 Å². The highest BCUT2D eigenvalue weighted by Crippen LogP contribution is 2.26. The number of hydrogen-bond donors (Lipinski definition) is 3. The largest absolute Gasteiger partial charge is 0.480 e. The Kier molecular flexibility index (Phi) is 4.86. The maximum absolute atomic E-state index is 12.0. The molecule has 0 radical (unpaired) electrons. The lowest BCUT2D eigenvalue weighted by Crippen LogP contribution is -2.49. The van der Waals surface area contributed by atoms with Gasteiger partial charge in [-0.15, -0.1) is 0 Å². The van der Waals surface area contributed by atoms with Crippen LogP contribution in [0.2, 0.25) is 0 Å². The SMILES string of the molecule is CC(Oc1cccc2ccccc12)C(=O)NCC(C)(O)C(=O)O. The molecule has 6 nitrogen and oxygen atoms in total. The number of carbonyl (C=O) groups is 2. The van der Waals surface area contributed by atoms with Crippen molar-refractivity contribution in [1.82, 2.24) is 5.32 Å². The lowest BCUT2D eigenvalue weighted by Gasteiger charge is -2.21. The molecule has 3 N–H and O–H groups in total. The highest BCUT2D eigenvalue weighted by molar-refractivity contribution is 5.89. The molecular weight excluding hydrogens is 298 g/mol. The number of amides is 1. The number of carbonyl (C=O) groups excluding carboxylic acids is 1. The summed E-state index contributed by atoms with van der Waals surface area (Å²) in [7, 11) is 0. The quantitative estimate of drug-likeness (QED) is 0.751. The van der Waals surface area contributed by atoms with Crippen LogP contribution in [0.3, 0.4) is 0 Å². The van der Waals surface area contributed by atoms with Crippen molar-refractivity contribution in [3.8, 4) is 5.75 Å². The van der Waals surface area contributed by atoms with Crippen molar-refractivity contribution < 1.29 is 24.5 Å². The molecule has 0 aliphatic rings. The Morgan fingerprint density at radius 1 is 1.22 bits per heavy atom. The van der Waals surface area contributed by atoms with Gasteiger partial charge in [0, 0.05) is 5.39 Å². The minimum absolute atomic E-state index is 0.398. The van der Waals surface area contributed by atoms with Crippen LogP contribution in [0.1, 0.15) is 13.8 Å². The van der Waals surface area contributed by atoms with Crippen LogP contribution in [0.4, 0.5) is 0 Å². The summed E-state index contributed by atoms with van der Waals surface area (Å²) in [6.07, 6.45) is -0.828. The summed E-state index contributed by atoms with van der Waals surface area (Å²) in [5.74, 6) is -1.34. The van der Waals surface area contributed by atoms with Gasteiger partial charge in [0.05, 0.1) is 6.54 Å². The number of hydrogen-bond acceptors (Lipinski definition) is 4. The molecule has 6 heteroatoms. The van der Waals surface area contributed by atoms with Crippen LogP contribution >= 0.6 is 0 Å². The summed E-state index contributed by atoms with van der Waals surface area (Å²) in [6, 6.07) is 13.2. The molecule has 23 heavy (non-hydrogen) atoms. The van der Waals surface area contributed by atoms with Gasteiger partial charge in [-0.05, 0) is 25.3 Å². The molecule has 0 fully saturated rings. The third-order valence-electron chi connectivity index (χ3n) is 3.49. The monoisotopic (exact) mass is 317 g/mol. The molecule has 0 aliphatic heterocycles. The van der Waals surface area contributed by atoms with Crippen molar-refractivity contribution in [1.29, 1.82) is 0 Å². The molecule has 2 unspecified atom stereocenters. The lowest BCUT2D eigenvalue weighted by atomic mass is 10.1. The van der Waals surface area contributed by atoms with Crippen LogP contribution < -0.4 is 10.1 Å². The lowest BCUT2D eigenvalue weighted by molar-refractivity contribution is -0.156. The van der Waals surface area contributed by atoms with E-state index in [0.717, 1.165) is 17.7 Å². The van der Waals surface area contributed by atoms with Crippen molar-refractivity contribution in [2.75, 3.05) is 6.54 Å². The van der Waals surface area contributed by atoms with Gasteiger partial charge in [0.25, 0.3) is 5.91 Å². The molecule has 0 heterocycles. The van der Waals surface area contributed by atoms with E-state index in [1.807, 2.05) is 36.4 Å². The smallest absolute Gasteiger partial charge is 0.337 e. The first kappa shape index (κ1) is 16.8. The Morgan fingerprint density at radius 2 is 1.87 bits per heavy atom. The Bertz CT molecular complexity index is 721. The minimum Gasteiger partial charge on any atom is -0.480 e. The number of rotatable bonds is 6. The molecule has 0 saturated heterocycles. The third kappa shape index (κ3) is 3.98. The van der Waals surface area contributed by atoms with Gasteiger partial charge in [-0.3, -0.25) is 4.79 Å². The number of ether oxygens (including phenoxy) is 1. The fourth-order valence-corrected chi connectivity index (χ4v) is 2.02. The van der Waals surface area contributed by atoms with Crippen molar-refractivity contribution in [2.45, 2.75) is 25.6 Å². The predicted octanol–water partition coefficient (Wildman–Crippen LogP) is 1.56. The van der Waals surface area contributed by atoms with Crippen molar-refractivity contribution in [3.05, 3.63) is 42.5 Å². The van der Waals surface area contributed by atoms with Gasteiger partial charge in [0.15, 0.2) is 11.7 Å². The molecule has 0 aromatic heterocycles. The zero-order valence-corrected chi connectivity index (χ0v) is 12.9. The second-order valence-electron chi connectivity index (χ2n) is 5.53. The van der Waals surface area contributed by atoms with Gasteiger partial charge < -0.3 is 20.3 Å². The highest BCUT2D eigenvalue weighted by Gasteiger charge is 2.31. The van der Waals surface area contributed by atoms with E-state index in [0.29, 0.717) is 5.75 Å². The number of nitrogens with one attached hydrogen (secondary N) is 1. The van der Waals surface area contributed by atoms with E-state index < -0.39 is 30.1 Å². The van der Waals surface area contributed by atoms with Gasteiger partial charge in [0.1, 0.15) is 5.75 Å². The Hall–Kier alpha value is -2.60. The van der Waals surface area contributed by atoms with Crippen LogP contribution in [-0.4, -0.2) is 40.3 Å². The van der Waals surface area contributed by atoms with Crippen molar-refractivity contribution in [3.63, 3.8) is 0 Å².